The van der Waals surface area contributed by atoms with Crippen molar-refractivity contribution in [3.8, 4) is 11.8 Å². The molecule has 4 aliphatic rings. The maximum absolute atomic E-state index is 14.4. The summed E-state index contributed by atoms with van der Waals surface area (Å²) in [5.74, 6) is -0.642. The number of sulfonamides is 1. The number of hydrogen-bond donors (Lipinski definition) is 3. The first kappa shape index (κ1) is 47.0. The zero-order valence-corrected chi connectivity index (χ0v) is 35.5. The molecule has 3 heterocycles. The van der Waals surface area contributed by atoms with Gasteiger partial charge in [-0.05, 0) is 83.3 Å². The number of alkyl carbamates (subject to hydrolysis) is 1. The summed E-state index contributed by atoms with van der Waals surface area (Å²) in [6.45, 7) is 8.95. The number of hydrogen-bond acceptors (Lipinski definition) is 11. The van der Waals surface area contributed by atoms with E-state index in [0.717, 1.165) is 39.5 Å². The summed E-state index contributed by atoms with van der Waals surface area (Å²) in [5.41, 5.74) is -2.79. The van der Waals surface area contributed by atoms with Crippen LogP contribution in [0.25, 0.3) is 10.8 Å². The van der Waals surface area contributed by atoms with Crippen molar-refractivity contribution in [1.82, 2.24) is 30.5 Å². The third-order valence-electron chi connectivity index (χ3n) is 11.1. The lowest BCUT2D eigenvalue weighted by atomic mass is 9.89. The molecule has 2 saturated carbocycles. The van der Waals surface area contributed by atoms with Crippen LogP contribution < -0.4 is 24.8 Å². The Morgan fingerprint density at radius 3 is 2.31 bits per heavy atom. The molecule has 0 spiro atoms. The third-order valence-corrected chi connectivity index (χ3v) is 13.2. The second-order valence-electron chi connectivity index (χ2n) is 15.6. The van der Waals surface area contributed by atoms with Crippen LogP contribution in [-0.2, 0) is 29.1 Å². The molecule has 3 fully saturated rings. The lowest BCUT2D eigenvalue weighted by molar-refractivity contribution is -0.244. The van der Waals surface area contributed by atoms with Crippen molar-refractivity contribution in [3.05, 3.63) is 36.4 Å². The van der Waals surface area contributed by atoms with Crippen LogP contribution in [0.15, 0.2) is 36.4 Å². The van der Waals surface area contributed by atoms with Gasteiger partial charge in [0.15, 0.2) is 0 Å². The Morgan fingerprint density at radius 2 is 1.71 bits per heavy atom. The van der Waals surface area contributed by atoms with Gasteiger partial charge < -0.3 is 29.7 Å². The van der Waals surface area contributed by atoms with Gasteiger partial charge in [0.1, 0.15) is 18.2 Å². The minimum Gasteiger partial charge on any atom is -0.479 e. The second-order valence-corrected chi connectivity index (χ2v) is 17.9. The summed E-state index contributed by atoms with van der Waals surface area (Å²) in [6.07, 6.45) is 3.15. The van der Waals surface area contributed by atoms with E-state index in [-0.39, 0.29) is 43.1 Å². The lowest BCUT2D eigenvalue weighted by Crippen LogP contribution is -2.57. The normalized spacial score (nSPS) is 26.0. The topological polar surface area (TPSA) is 195 Å². The highest BCUT2D eigenvalue weighted by atomic mass is 32.2. The summed E-state index contributed by atoms with van der Waals surface area (Å²) >= 11 is 0. The Bertz CT molecular complexity index is 1940. The number of alkyl halides is 3. The minimum absolute atomic E-state index is 0.0232. The van der Waals surface area contributed by atoms with Gasteiger partial charge in [-0.15, -0.1) is 10.2 Å². The van der Waals surface area contributed by atoms with E-state index in [2.05, 4.69) is 33.0 Å². The van der Waals surface area contributed by atoms with Gasteiger partial charge in [0, 0.05) is 12.5 Å². The van der Waals surface area contributed by atoms with Gasteiger partial charge in [0.25, 0.3) is 0 Å². The third kappa shape index (κ3) is 11.5. The Hall–Kier alpha value is -4.68. The van der Waals surface area contributed by atoms with Gasteiger partial charge in [0.2, 0.25) is 45.6 Å². The Labute approximate surface area is 343 Å². The number of carbonyl (C=O) groups excluding carboxylic acids is 4. The fraction of sp³-hybridized carbons (Fsp3) is 0.650. The van der Waals surface area contributed by atoms with Gasteiger partial charge in [-0.1, -0.05) is 57.9 Å². The van der Waals surface area contributed by atoms with Crippen LogP contribution >= 0.6 is 0 Å². The SMILES string of the molecule is CC.CC1(S(=O)(=O)NC=O)CC1.CCC1CCCC/C=C\[C@@H]2CC2NC(=O)C2C[C@@H](Oc3nnc(OC)c4ccccc34)CN2C(=O)[C@H]1NC(=O)OC(C)(C)C(F)(F)F. The Morgan fingerprint density at radius 1 is 1.07 bits per heavy atom. The van der Waals surface area contributed by atoms with E-state index in [1.807, 2.05) is 43.7 Å². The van der Waals surface area contributed by atoms with Crippen LogP contribution in [0.4, 0.5) is 18.0 Å². The van der Waals surface area contributed by atoms with Gasteiger partial charge in [-0.2, -0.15) is 13.2 Å². The molecule has 328 valence electrons. The molecule has 4 amide bonds. The number of nitrogens with one attached hydrogen (secondary N) is 3. The van der Waals surface area contributed by atoms with E-state index in [1.54, 1.807) is 13.0 Å². The van der Waals surface area contributed by atoms with Crippen molar-refractivity contribution < 1.29 is 55.0 Å². The highest BCUT2D eigenvalue weighted by Crippen LogP contribution is 2.42. The summed E-state index contributed by atoms with van der Waals surface area (Å²) in [6, 6.07) is 5.00. The van der Waals surface area contributed by atoms with Crippen LogP contribution in [-0.4, -0.2) is 102 Å². The van der Waals surface area contributed by atoms with Crippen LogP contribution in [0.1, 0.15) is 99.3 Å². The molecular weight excluding hydrogens is 798 g/mol. The molecule has 1 aromatic carbocycles. The standard InChI is InChI=1S/C33H42F3N5O6.C5H9NO3S.C2H6/c1-5-19-12-8-6-7-9-13-20-16-24(20)37-27(42)25-17-21(46-29-23-15-11-10-14-22(23)28(45-4)39-40-29)18-41(25)30(43)26(19)38-31(44)47-32(2,3)33(34,35)36;1-5(2-3-5)10(8,9)6-4-7;1-2/h9-11,13-15,19-21,24-26H,5-8,12,16-18H2,1-4H3,(H,37,42)(H,38,44);4H,2-3H2,1H3,(H,6,7);1-2H3/b13-9-;;/t19?,20-,21-,24?,25?,26+;;/m1../s1. The van der Waals surface area contributed by atoms with E-state index in [9.17, 15) is 40.8 Å². The molecule has 0 radical (unpaired) electrons. The fourth-order valence-electron chi connectivity index (χ4n) is 6.90. The number of benzene rings is 1. The number of rotatable bonds is 9. The summed E-state index contributed by atoms with van der Waals surface area (Å²) in [4.78, 5) is 52.2. The molecule has 2 aromatic rings. The van der Waals surface area contributed by atoms with Crippen LogP contribution in [0.2, 0.25) is 0 Å². The van der Waals surface area contributed by atoms with E-state index < -0.39 is 62.7 Å². The monoisotopic (exact) mass is 854 g/mol. The average Bonchev–Trinajstić information content (AvgIpc) is 4.09. The maximum atomic E-state index is 14.4. The first-order valence-electron chi connectivity index (χ1n) is 20.1. The molecule has 1 saturated heterocycles. The molecule has 6 atom stereocenters. The summed E-state index contributed by atoms with van der Waals surface area (Å²) in [5, 5.41) is 15.1. The molecule has 2 aliphatic carbocycles. The Kier molecular flexibility index (Phi) is 15.6. The van der Waals surface area contributed by atoms with Gasteiger partial charge in [-0.25, -0.2) is 13.2 Å². The smallest absolute Gasteiger partial charge is 0.427 e. The van der Waals surface area contributed by atoms with Crippen molar-refractivity contribution in [2.45, 2.75) is 140 Å². The molecule has 19 heteroatoms. The zero-order valence-electron chi connectivity index (χ0n) is 34.6. The van der Waals surface area contributed by atoms with Gasteiger partial charge in [0.05, 0.1) is 29.2 Å². The number of aromatic nitrogens is 2. The fourth-order valence-corrected chi connectivity index (χ4v) is 7.95. The number of allylic oxidation sites excluding steroid dienone is 1. The number of fused-ring (bicyclic) bond motifs is 3. The summed E-state index contributed by atoms with van der Waals surface area (Å²) < 4.78 is 80.2. The first-order chi connectivity index (χ1) is 27.8. The van der Waals surface area contributed by atoms with Crippen molar-refractivity contribution in [3.63, 3.8) is 0 Å². The molecule has 3 N–H and O–H groups in total. The largest absolute Gasteiger partial charge is 0.479 e. The zero-order chi connectivity index (χ0) is 43.8. The summed E-state index contributed by atoms with van der Waals surface area (Å²) in [7, 11) is -1.87. The first-order valence-corrected chi connectivity index (χ1v) is 21.6. The average molecular weight is 855 g/mol. The van der Waals surface area contributed by atoms with Gasteiger partial charge in [-0.3, -0.25) is 19.1 Å². The molecular formula is C40H57F3N6O9S. The highest BCUT2D eigenvalue weighted by Gasteiger charge is 2.52. The number of ether oxygens (including phenoxy) is 3. The number of halogens is 3. The Balaban J connectivity index is 0.000000554. The molecule has 2 aliphatic heterocycles. The second kappa shape index (κ2) is 19.6. The van der Waals surface area contributed by atoms with Gasteiger partial charge >= 0.3 is 12.3 Å². The molecule has 0 bridgehead atoms. The molecule has 6 rings (SSSR count). The number of amides is 4. The lowest BCUT2D eigenvalue weighted by Gasteiger charge is -2.34. The van der Waals surface area contributed by atoms with Crippen LogP contribution in [0, 0.1) is 11.8 Å². The molecule has 15 nitrogen and oxygen atoms in total. The van der Waals surface area contributed by atoms with Crippen LogP contribution in [0.3, 0.4) is 0 Å². The van der Waals surface area contributed by atoms with Crippen molar-refractivity contribution >= 4 is 45.1 Å². The van der Waals surface area contributed by atoms with Crippen LogP contribution in [0.5, 0.6) is 11.8 Å². The van der Waals surface area contributed by atoms with Crippen molar-refractivity contribution in [1.29, 1.82) is 0 Å². The van der Waals surface area contributed by atoms with E-state index in [1.165, 1.54) is 12.0 Å². The molecule has 1 aromatic heterocycles. The predicted molar refractivity (Wildman–Crippen MR) is 213 cm³/mol. The van der Waals surface area contributed by atoms with Crippen molar-refractivity contribution in [2.24, 2.45) is 11.8 Å². The van der Waals surface area contributed by atoms with E-state index in [0.29, 0.717) is 42.3 Å². The van der Waals surface area contributed by atoms with E-state index in [4.69, 9.17) is 14.2 Å². The van der Waals surface area contributed by atoms with Crippen molar-refractivity contribution in [2.75, 3.05) is 13.7 Å². The predicted octanol–water partition coefficient (Wildman–Crippen LogP) is 5.72. The van der Waals surface area contributed by atoms with E-state index >= 15 is 0 Å². The minimum atomic E-state index is -4.83. The number of nitrogens with zero attached hydrogens (tertiary/aromatic N) is 3. The number of methoxy groups -OCH3 is 1. The number of carbonyl (C=O) groups is 4. The molecule has 3 unspecified atom stereocenters. The molecule has 59 heavy (non-hydrogen) atoms. The maximum Gasteiger partial charge on any atom is 0.427 e. The quantitative estimate of drug-likeness (QED) is 0.206. The highest BCUT2D eigenvalue weighted by molar-refractivity contribution is 7.91.